The van der Waals surface area contributed by atoms with Crippen molar-refractivity contribution in [3.05, 3.63) is 75.4 Å². The topological polar surface area (TPSA) is 108 Å². The number of rotatable bonds is 9. The number of ether oxygens (including phenoxy) is 1. The lowest BCUT2D eigenvalue weighted by Gasteiger charge is -2.35. The molecule has 3 aromatic heterocycles. The number of aromatic nitrogens is 5. The van der Waals surface area contributed by atoms with Crippen LogP contribution in [0.1, 0.15) is 59.3 Å². The molecule has 49 heavy (non-hydrogen) atoms. The number of pyridine rings is 1. The van der Waals surface area contributed by atoms with Crippen molar-refractivity contribution in [2.45, 2.75) is 64.4 Å². The Kier molecular flexibility index (Phi) is 10.0. The molecule has 18 heteroatoms. The fraction of sp³-hybridized carbons (Fsp3) is 0.452. The first-order chi connectivity index (χ1) is 22.8. The summed E-state index contributed by atoms with van der Waals surface area (Å²) in [5.41, 5.74) is -3.26. The summed E-state index contributed by atoms with van der Waals surface area (Å²) in [6.45, 7) is 10.4. The van der Waals surface area contributed by atoms with E-state index in [-0.39, 0.29) is 88.8 Å². The van der Waals surface area contributed by atoms with Crippen molar-refractivity contribution < 1.29 is 44.8 Å². The zero-order valence-electron chi connectivity index (χ0n) is 27.2. The molecule has 4 heterocycles. The van der Waals surface area contributed by atoms with Gasteiger partial charge < -0.3 is 18.6 Å². The van der Waals surface area contributed by atoms with Gasteiger partial charge in [0.2, 0.25) is 5.78 Å². The molecule has 1 aromatic carbocycles. The number of carbonyl (C=O) groups is 1. The highest BCUT2D eigenvalue weighted by Crippen LogP contribution is 2.40. The predicted molar refractivity (Wildman–Crippen MR) is 169 cm³/mol. The third-order valence-corrected chi connectivity index (χ3v) is 13.4. The average molecular weight is 731 g/mol. The fourth-order valence-corrected chi connectivity index (χ4v) is 6.05. The minimum atomic E-state index is -5.05. The molecule has 0 N–H and O–H groups in total. The summed E-state index contributed by atoms with van der Waals surface area (Å²) in [4.78, 5) is 20.3. The van der Waals surface area contributed by atoms with E-state index >= 15 is 0 Å². The highest BCUT2D eigenvalue weighted by molar-refractivity contribution is 6.74. The molecule has 10 nitrogen and oxygen atoms in total. The zero-order valence-corrected chi connectivity index (χ0v) is 28.9. The number of ketones is 1. The van der Waals surface area contributed by atoms with E-state index in [1.807, 2.05) is 33.9 Å². The maximum absolute atomic E-state index is 14.6. The number of anilines is 1. The van der Waals surface area contributed by atoms with Gasteiger partial charge in [-0.3, -0.25) is 4.79 Å². The number of benzene rings is 1. The summed E-state index contributed by atoms with van der Waals surface area (Å²) in [5, 5.41) is 12.2. The van der Waals surface area contributed by atoms with Crippen LogP contribution in [0.25, 0.3) is 11.3 Å². The van der Waals surface area contributed by atoms with Crippen molar-refractivity contribution in [3.63, 3.8) is 0 Å². The van der Waals surface area contributed by atoms with Gasteiger partial charge in [-0.2, -0.15) is 26.3 Å². The number of nitrogens with zero attached hydrogens (tertiary/aromatic N) is 6. The van der Waals surface area contributed by atoms with E-state index < -0.39 is 44.1 Å². The van der Waals surface area contributed by atoms with Crippen molar-refractivity contribution in [3.8, 4) is 11.3 Å². The molecule has 0 spiro atoms. The average Bonchev–Trinajstić information content (AvgIpc) is 3.63. The SMILES string of the molecule is CC(C)(C)[Si](C)(C)OCc1onc(-c2cccnc2Cl)c1C(=O)c1nnn(Cc2cc(C(F)(F)F)cc(C(F)(F)F)c2)c1N1CCOCC1. The third-order valence-electron chi connectivity index (χ3n) is 8.59. The van der Waals surface area contributed by atoms with Crippen molar-refractivity contribution in [1.29, 1.82) is 0 Å². The van der Waals surface area contributed by atoms with Crippen LogP contribution in [-0.2, 0) is 34.7 Å². The van der Waals surface area contributed by atoms with Crippen LogP contribution >= 0.6 is 11.6 Å². The van der Waals surface area contributed by atoms with E-state index in [0.717, 1.165) is 4.68 Å². The molecule has 0 atom stereocenters. The lowest BCUT2D eigenvalue weighted by molar-refractivity contribution is -0.143. The van der Waals surface area contributed by atoms with Gasteiger partial charge in [-0.25, -0.2) is 9.67 Å². The number of hydrogen-bond donors (Lipinski definition) is 0. The number of carbonyl (C=O) groups excluding carboxylic acids is 1. The molecule has 0 saturated carbocycles. The van der Waals surface area contributed by atoms with Crippen molar-refractivity contribution in [2.75, 3.05) is 31.2 Å². The lowest BCUT2D eigenvalue weighted by Crippen LogP contribution is -2.40. The quantitative estimate of drug-likeness (QED) is 0.0743. The smallest absolute Gasteiger partial charge is 0.409 e. The molecule has 0 amide bonds. The number of alkyl halides is 6. The lowest BCUT2D eigenvalue weighted by atomic mass is 10.0. The summed E-state index contributed by atoms with van der Waals surface area (Å²) < 4.78 is 100. The predicted octanol–water partition coefficient (Wildman–Crippen LogP) is 7.66. The Bertz CT molecular complexity index is 1800. The van der Waals surface area contributed by atoms with Gasteiger partial charge in [0.25, 0.3) is 0 Å². The molecule has 4 aromatic rings. The molecule has 5 rings (SSSR count). The van der Waals surface area contributed by atoms with Gasteiger partial charge in [-0.15, -0.1) is 5.10 Å². The van der Waals surface area contributed by atoms with Crippen LogP contribution in [-0.4, -0.2) is 65.5 Å². The zero-order chi connectivity index (χ0) is 35.9. The molecule has 1 aliphatic rings. The first-order valence-corrected chi connectivity index (χ1v) is 18.4. The molecular formula is C31H33ClF6N6O4Si. The van der Waals surface area contributed by atoms with Crippen molar-refractivity contribution >= 4 is 31.5 Å². The van der Waals surface area contributed by atoms with E-state index in [9.17, 15) is 31.1 Å². The Morgan fingerprint density at radius 1 is 1.02 bits per heavy atom. The molecule has 1 fully saturated rings. The second kappa shape index (κ2) is 13.5. The first-order valence-electron chi connectivity index (χ1n) is 15.1. The van der Waals surface area contributed by atoms with Crippen LogP contribution in [0.5, 0.6) is 0 Å². The summed E-state index contributed by atoms with van der Waals surface area (Å²) >= 11 is 6.39. The van der Waals surface area contributed by atoms with Gasteiger partial charge in [0, 0.05) is 24.8 Å². The minimum absolute atomic E-state index is 0.0313. The number of hydrogen-bond acceptors (Lipinski definition) is 9. The Balaban J connectivity index is 1.64. The molecule has 1 aliphatic heterocycles. The van der Waals surface area contributed by atoms with Gasteiger partial charge in [-0.05, 0) is 54.0 Å². The molecule has 0 radical (unpaired) electrons. The van der Waals surface area contributed by atoms with Crippen LogP contribution in [0.3, 0.4) is 0 Å². The molecule has 264 valence electrons. The summed E-state index contributed by atoms with van der Waals surface area (Å²) in [6.07, 6.45) is -8.64. The van der Waals surface area contributed by atoms with Crippen molar-refractivity contribution in [2.24, 2.45) is 0 Å². The molecule has 0 bridgehead atoms. The Hall–Kier alpha value is -3.80. The van der Waals surface area contributed by atoms with Gasteiger partial charge in [0.05, 0.1) is 43.1 Å². The normalized spacial score (nSPS) is 14.8. The van der Waals surface area contributed by atoms with Gasteiger partial charge in [0.1, 0.15) is 10.8 Å². The standard InChI is InChI=1S/C31H33ClF6N6O4Si/c1-29(2,3)49(4,5)47-17-22-23(24(41-48-22)21-7-6-8-39-27(21)32)26(45)25-28(43-9-11-46-12-10-43)44(42-40-25)16-18-13-19(30(33,34)35)15-20(14-18)31(36,37)38/h6-8,13-15H,9-12,16-17H2,1-5H3. The second-order valence-electron chi connectivity index (χ2n) is 13.0. The third kappa shape index (κ3) is 7.84. The highest BCUT2D eigenvalue weighted by atomic mass is 35.5. The number of halogens is 7. The van der Waals surface area contributed by atoms with E-state index in [4.69, 9.17) is 25.3 Å². The van der Waals surface area contributed by atoms with Gasteiger partial charge in [-0.1, -0.05) is 42.7 Å². The summed E-state index contributed by atoms with van der Waals surface area (Å²) in [7, 11) is -2.37. The molecule has 0 unspecified atom stereocenters. The maximum atomic E-state index is 14.6. The van der Waals surface area contributed by atoms with Gasteiger partial charge in [0.15, 0.2) is 25.6 Å². The first kappa shape index (κ1) is 36.5. The largest absolute Gasteiger partial charge is 0.416 e. The Labute approximate surface area is 283 Å². The van der Waals surface area contributed by atoms with Crippen LogP contribution < -0.4 is 4.90 Å². The second-order valence-corrected chi connectivity index (χ2v) is 18.1. The van der Waals surface area contributed by atoms with E-state index in [1.165, 1.54) is 6.20 Å². The minimum Gasteiger partial charge on any atom is -0.409 e. The van der Waals surface area contributed by atoms with Crippen LogP contribution in [0, 0.1) is 0 Å². The molecule has 0 aliphatic carbocycles. The maximum Gasteiger partial charge on any atom is 0.416 e. The monoisotopic (exact) mass is 730 g/mol. The van der Waals surface area contributed by atoms with Crippen molar-refractivity contribution in [1.82, 2.24) is 25.1 Å². The highest BCUT2D eigenvalue weighted by Gasteiger charge is 2.40. The van der Waals surface area contributed by atoms with Gasteiger partial charge >= 0.3 is 12.4 Å². The number of morpholine rings is 1. The van der Waals surface area contributed by atoms with Crippen LogP contribution in [0.4, 0.5) is 32.2 Å². The van der Waals surface area contributed by atoms with E-state index in [0.29, 0.717) is 12.1 Å². The van der Waals surface area contributed by atoms with E-state index in [1.54, 1.807) is 17.0 Å². The Morgan fingerprint density at radius 3 is 2.22 bits per heavy atom. The molecular weight excluding hydrogens is 698 g/mol. The summed E-state index contributed by atoms with van der Waals surface area (Å²) in [5.74, 6) is -0.586. The molecule has 1 saturated heterocycles. The summed E-state index contributed by atoms with van der Waals surface area (Å²) in [6, 6.07) is 4.46. The van der Waals surface area contributed by atoms with E-state index in [2.05, 4.69) is 20.5 Å². The van der Waals surface area contributed by atoms with Crippen LogP contribution in [0.15, 0.2) is 41.1 Å². The van der Waals surface area contributed by atoms with Crippen LogP contribution in [0.2, 0.25) is 23.3 Å². The Morgan fingerprint density at radius 2 is 1.65 bits per heavy atom. The fourth-order valence-electron chi connectivity index (χ4n) is 4.92.